The topological polar surface area (TPSA) is 29.1 Å². The van der Waals surface area contributed by atoms with Gasteiger partial charge in [0.15, 0.2) is 0 Å². The zero-order chi connectivity index (χ0) is 13.3. The number of fused-ring (bicyclic) bond motifs is 1. The Morgan fingerprint density at radius 1 is 1.39 bits per heavy atom. The van der Waals surface area contributed by atoms with Crippen LogP contribution in [0.25, 0.3) is 0 Å². The normalized spacial score (nSPS) is 15.7. The Hall–Kier alpha value is -0.540. The molecular formula is C14H17BrClNO. The maximum Gasteiger partial charge on any atom is 0.228 e. The quantitative estimate of drug-likeness (QED) is 0.796. The molecule has 0 spiro atoms. The average Bonchev–Trinajstić information content (AvgIpc) is 2.68. The molecule has 1 heterocycles. The lowest BCUT2D eigenvalue weighted by Crippen LogP contribution is -2.06. The highest BCUT2D eigenvalue weighted by molar-refractivity contribution is 9.09. The molecule has 1 aromatic carbocycles. The lowest BCUT2D eigenvalue weighted by Gasteiger charge is -2.21. The maximum absolute atomic E-state index is 11.4. The molecule has 0 fully saturated rings. The second kappa shape index (κ2) is 5.62. The van der Waals surface area contributed by atoms with Gasteiger partial charge >= 0.3 is 0 Å². The molecule has 1 atom stereocenters. The number of hydrogen-bond acceptors (Lipinski definition) is 1. The summed E-state index contributed by atoms with van der Waals surface area (Å²) in [5.41, 5.74) is 3.01. The second-order valence-electron chi connectivity index (χ2n) is 4.73. The molecule has 0 radical (unpaired) electrons. The number of hydrogen-bond donors (Lipinski definition) is 1. The van der Waals surface area contributed by atoms with E-state index in [-0.39, 0.29) is 10.7 Å². The van der Waals surface area contributed by atoms with Gasteiger partial charge in [0.2, 0.25) is 5.91 Å². The molecule has 98 valence electrons. The van der Waals surface area contributed by atoms with Gasteiger partial charge in [0.1, 0.15) is 0 Å². The maximum atomic E-state index is 11.4. The fourth-order valence-corrected chi connectivity index (χ4v) is 3.97. The molecule has 0 saturated carbocycles. The number of nitrogens with one attached hydrogen (secondary N) is 1. The van der Waals surface area contributed by atoms with Crippen molar-refractivity contribution >= 4 is 39.1 Å². The number of amides is 1. The first-order valence-electron chi connectivity index (χ1n) is 6.33. The van der Waals surface area contributed by atoms with Gasteiger partial charge in [-0.05, 0) is 23.1 Å². The molecule has 0 saturated heterocycles. The predicted octanol–water partition coefficient (Wildman–Crippen LogP) is 4.71. The van der Waals surface area contributed by atoms with Crippen molar-refractivity contribution in [2.45, 2.75) is 37.9 Å². The van der Waals surface area contributed by atoms with Gasteiger partial charge in [0, 0.05) is 15.5 Å². The third-order valence-electron chi connectivity index (χ3n) is 3.61. The van der Waals surface area contributed by atoms with E-state index in [1.807, 2.05) is 6.07 Å². The van der Waals surface area contributed by atoms with Crippen LogP contribution in [0, 0.1) is 5.92 Å². The fourth-order valence-electron chi connectivity index (χ4n) is 2.43. The van der Waals surface area contributed by atoms with Crippen LogP contribution in [0.4, 0.5) is 5.69 Å². The van der Waals surface area contributed by atoms with Crippen molar-refractivity contribution in [3.63, 3.8) is 0 Å². The molecule has 1 N–H and O–H groups in total. The largest absolute Gasteiger partial charge is 0.325 e. The summed E-state index contributed by atoms with van der Waals surface area (Å²) < 4.78 is 0. The first-order valence-corrected chi connectivity index (χ1v) is 7.62. The van der Waals surface area contributed by atoms with Crippen LogP contribution in [0.15, 0.2) is 12.1 Å². The molecular weight excluding hydrogens is 314 g/mol. The minimum atomic E-state index is 0.0480. The SMILES string of the molecule is CCC(CC)C(Br)c1cc2c(cc1Cl)NC(=O)C2. The number of rotatable bonds is 4. The summed E-state index contributed by atoms with van der Waals surface area (Å²) in [5, 5.41) is 3.55. The Kier molecular flexibility index (Phi) is 4.33. The van der Waals surface area contributed by atoms with Crippen molar-refractivity contribution in [1.29, 1.82) is 0 Å². The highest BCUT2D eigenvalue weighted by atomic mass is 79.9. The molecule has 18 heavy (non-hydrogen) atoms. The smallest absolute Gasteiger partial charge is 0.228 e. The number of halogens is 2. The van der Waals surface area contributed by atoms with Crippen molar-refractivity contribution in [2.75, 3.05) is 5.32 Å². The summed E-state index contributed by atoms with van der Waals surface area (Å²) in [5.74, 6) is 0.609. The van der Waals surface area contributed by atoms with Crippen molar-refractivity contribution in [3.8, 4) is 0 Å². The predicted molar refractivity (Wildman–Crippen MR) is 79.5 cm³/mol. The lowest BCUT2D eigenvalue weighted by atomic mass is 9.93. The summed E-state index contributed by atoms with van der Waals surface area (Å²) in [6.45, 7) is 4.38. The van der Waals surface area contributed by atoms with E-state index in [4.69, 9.17) is 11.6 Å². The molecule has 2 nitrogen and oxygen atoms in total. The van der Waals surface area contributed by atoms with Gasteiger partial charge in [-0.2, -0.15) is 0 Å². The van der Waals surface area contributed by atoms with E-state index in [1.54, 1.807) is 0 Å². The highest BCUT2D eigenvalue weighted by Crippen LogP contribution is 2.41. The molecule has 1 aliphatic rings. The van der Waals surface area contributed by atoms with Crippen LogP contribution in [0.1, 0.15) is 42.6 Å². The zero-order valence-electron chi connectivity index (χ0n) is 10.6. The van der Waals surface area contributed by atoms with Gasteiger partial charge in [0.25, 0.3) is 0 Å². The van der Waals surface area contributed by atoms with E-state index >= 15 is 0 Å². The van der Waals surface area contributed by atoms with Crippen molar-refractivity contribution < 1.29 is 4.79 Å². The number of alkyl halides is 1. The molecule has 1 aliphatic heterocycles. The monoisotopic (exact) mass is 329 g/mol. The van der Waals surface area contributed by atoms with Gasteiger partial charge in [-0.1, -0.05) is 60.3 Å². The van der Waals surface area contributed by atoms with E-state index < -0.39 is 0 Å². The molecule has 0 aromatic heterocycles. The number of anilines is 1. The summed E-state index contributed by atoms with van der Waals surface area (Å²) in [7, 11) is 0. The van der Waals surface area contributed by atoms with Crippen LogP contribution >= 0.6 is 27.5 Å². The van der Waals surface area contributed by atoms with Crippen LogP contribution in [0.2, 0.25) is 5.02 Å². The summed E-state index contributed by atoms with van der Waals surface area (Å²) in [6, 6.07) is 3.93. The van der Waals surface area contributed by atoms with Gasteiger partial charge in [-0.15, -0.1) is 0 Å². The van der Waals surface area contributed by atoms with E-state index in [0.717, 1.165) is 34.7 Å². The van der Waals surface area contributed by atoms with Gasteiger partial charge in [-0.3, -0.25) is 4.79 Å². The Morgan fingerprint density at radius 3 is 2.67 bits per heavy atom. The fraction of sp³-hybridized carbons (Fsp3) is 0.500. The van der Waals surface area contributed by atoms with E-state index in [0.29, 0.717) is 12.3 Å². The van der Waals surface area contributed by atoms with Crippen LogP contribution in [0.3, 0.4) is 0 Å². The van der Waals surface area contributed by atoms with Crippen molar-refractivity contribution in [1.82, 2.24) is 0 Å². The molecule has 0 bridgehead atoms. The van der Waals surface area contributed by atoms with Gasteiger partial charge in [-0.25, -0.2) is 0 Å². The number of benzene rings is 1. The van der Waals surface area contributed by atoms with Gasteiger partial charge < -0.3 is 5.32 Å². The number of carbonyl (C=O) groups is 1. The molecule has 1 aromatic rings. The summed E-state index contributed by atoms with van der Waals surface area (Å²) >= 11 is 10.1. The Morgan fingerprint density at radius 2 is 2.06 bits per heavy atom. The molecule has 2 rings (SSSR count). The molecule has 1 unspecified atom stereocenters. The molecule has 1 amide bonds. The second-order valence-corrected chi connectivity index (χ2v) is 6.13. The first-order chi connectivity index (χ1) is 8.56. The van der Waals surface area contributed by atoms with Crippen LogP contribution < -0.4 is 5.32 Å². The minimum Gasteiger partial charge on any atom is -0.325 e. The van der Waals surface area contributed by atoms with E-state index in [9.17, 15) is 4.79 Å². The van der Waals surface area contributed by atoms with Gasteiger partial charge in [0.05, 0.1) is 6.42 Å². The Bertz CT molecular complexity index is 471. The number of carbonyl (C=O) groups excluding carboxylic acids is 1. The van der Waals surface area contributed by atoms with E-state index in [2.05, 4.69) is 41.2 Å². The van der Waals surface area contributed by atoms with Crippen LogP contribution in [-0.2, 0) is 11.2 Å². The van der Waals surface area contributed by atoms with Crippen LogP contribution in [-0.4, -0.2) is 5.91 Å². The standard InChI is InChI=1S/C14H17BrClNO/c1-3-8(4-2)14(15)10-5-9-6-13(18)17-12(9)7-11(10)16/h5,7-8,14H,3-4,6H2,1-2H3,(H,17,18). The third kappa shape index (κ3) is 2.57. The third-order valence-corrected chi connectivity index (χ3v) is 5.18. The summed E-state index contributed by atoms with van der Waals surface area (Å²) in [6.07, 6.45) is 2.68. The minimum absolute atomic E-state index is 0.0480. The molecule has 4 heteroatoms. The van der Waals surface area contributed by atoms with Crippen LogP contribution in [0.5, 0.6) is 0 Å². The Labute approximate surface area is 121 Å². The van der Waals surface area contributed by atoms with Crippen molar-refractivity contribution in [3.05, 3.63) is 28.3 Å². The Balaban J connectivity index is 2.35. The summed E-state index contributed by atoms with van der Waals surface area (Å²) in [4.78, 5) is 11.6. The average molecular weight is 331 g/mol. The van der Waals surface area contributed by atoms with Crippen molar-refractivity contribution in [2.24, 2.45) is 5.92 Å². The zero-order valence-corrected chi connectivity index (χ0v) is 12.9. The van der Waals surface area contributed by atoms with E-state index in [1.165, 1.54) is 0 Å². The molecule has 0 aliphatic carbocycles. The first kappa shape index (κ1) is 13.9. The lowest BCUT2D eigenvalue weighted by molar-refractivity contribution is -0.115. The highest BCUT2D eigenvalue weighted by Gasteiger charge is 2.24.